The Bertz CT molecular complexity index is 1840. The average Bonchev–Trinajstić information content (AvgIpc) is 3.54. The van der Waals surface area contributed by atoms with E-state index in [1.54, 1.807) is 20.3 Å². The van der Waals surface area contributed by atoms with Gasteiger partial charge < -0.3 is 39.5 Å². The number of carboxylic acid groups (broad SMARTS) is 2. The van der Waals surface area contributed by atoms with Gasteiger partial charge >= 0.3 is 30.3 Å². The zero-order valence-electron chi connectivity index (χ0n) is 28.3. The van der Waals surface area contributed by atoms with E-state index in [2.05, 4.69) is 22.8 Å². The molecule has 1 saturated carbocycles. The third-order valence-corrected chi connectivity index (χ3v) is 8.06. The number of methoxy groups -OCH3 is 3. The second-order valence-corrected chi connectivity index (χ2v) is 11.8. The SMILES string of the molecule is COC(=O)c1ccc(CN[C@H]2CC[C@@H](Nc3ccn4cc(-c5cc(Cl)c(OC)cc5OC)nc4c3)CC2)cc1.O=C(O)C(F)(F)F.O=C(O)C(F)(F)F. The number of esters is 1. The summed E-state index contributed by atoms with van der Waals surface area (Å²) in [6, 6.07) is 16.2. The van der Waals surface area contributed by atoms with E-state index in [9.17, 15) is 31.1 Å². The van der Waals surface area contributed by atoms with Crippen LogP contribution in [-0.4, -0.2) is 83.3 Å². The first kappa shape index (κ1) is 42.2. The van der Waals surface area contributed by atoms with Gasteiger partial charge in [0.2, 0.25) is 0 Å². The lowest BCUT2D eigenvalue weighted by Crippen LogP contribution is -2.36. The van der Waals surface area contributed by atoms with Crippen molar-refractivity contribution in [3.8, 4) is 22.8 Å². The Kier molecular flexibility index (Phi) is 14.7. The summed E-state index contributed by atoms with van der Waals surface area (Å²) in [4.78, 5) is 34.2. The molecular formula is C34H35ClF6N4O8. The Hall–Kier alpha value is -5.23. The van der Waals surface area contributed by atoms with Crippen LogP contribution in [0.25, 0.3) is 16.9 Å². The van der Waals surface area contributed by atoms with E-state index in [-0.39, 0.29) is 5.97 Å². The van der Waals surface area contributed by atoms with Crippen LogP contribution in [0.2, 0.25) is 5.02 Å². The number of pyridine rings is 1. The lowest BCUT2D eigenvalue weighted by atomic mass is 9.91. The molecule has 0 radical (unpaired) electrons. The summed E-state index contributed by atoms with van der Waals surface area (Å²) in [7, 11) is 4.60. The number of anilines is 1. The van der Waals surface area contributed by atoms with Crippen LogP contribution in [0.1, 0.15) is 41.6 Å². The zero-order valence-corrected chi connectivity index (χ0v) is 29.1. The monoisotopic (exact) mass is 776 g/mol. The predicted octanol–water partition coefficient (Wildman–Crippen LogP) is 7.24. The van der Waals surface area contributed by atoms with Gasteiger partial charge in [0.1, 0.15) is 17.1 Å². The largest absolute Gasteiger partial charge is 0.496 e. The van der Waals surface area contributed by atoms with Crippen LogP contribution in [-0.2, 0) is 20.9 Å². The Morgan fingerprint density at radius 1 is 0.849 bits per heavy atom. The number of aromatic nitrogens is 2. The summed E-state index contributed by atoms with van der Waals surface area (Å²) in [5.41, 5.74) is 5.22. The van der Waals surface area contributed by atoms with Crippen LogP contribution in [0.5, 0.6) is 11.5 Å². The number of alkyl halides is 6. The summed E-state index contributed by atoms with van der Waals surface area (Å²) < 4.78 is 81.1. The minimum atomic E-state index is -5.08. The molecule has 4 N–H and O–H groups in total. The van der Waals surface area contributed by atoms with Crippen LogP contribution in [0.3, 0.4) is 0 Å². The first-order valence-corrected chi connectivity index (χ1v) is 15.9. The molecule has 1 fully saturated rings. The minimum absolute atomic E-state index is 0.310. The maximum atomic E-state index is 11.6. The van der Waals surface area contributed by atoms with Crippen molar-refractivity contribution in [2.24, 2.45) is 0 Å². The molecule has 0 spiro atoms. The number of nitrogens with one attached hydrogen (secondary N) is 2. The number of halogens is 7. The van der Waals surface area contributed by atoms with Crippen LogP contribution < -0.4 is 20.1 Å². The highest BCUT2D eigenvalue weighted by Gasteiger charge is 2.39. The molecule has 0 amide bonds. The Morgan fingerprint density at radius 3 is 1.91 bits per heavy atom. The molecule has 19 heteroatoms. The maximum Gasteiger partial charge on any atom is 0.490 e. The molecule has 0 saturated heterocycles. The molecule has 2 aromatic heterocycles. The zero-order chi connectivity index (χ0) is 39.5. The number of hydrogen-bond donors (Lipinski definition) is 4. The van der Waals surface area contributed by atoms with Crippen molar-refractivity contribution in [2.45, 2.75) is 56.7 Å². The topological polar surface area (TPSA) is 161 Å². The lowest BCUT2D eigenvalue weighted by Gasteiger charge is -2.30. The number of carboxylic acids is 2. The van der Waals surface area contributed by atoms with Crippen molar-refractivity contribution in [3.63, 3.8) is 0 Å². The highest BCUT2D eigenvalue weighted by atomic mass is 35.5. The number of nitrogens with zero attached hydrogens (tertiary/aromatic N) is 2. The Balaban J connectivity index is 0.000000458. The van der Waals surface area contributed by atoms with Gasteiger partial charge in [-0.05, 0) is 55.5 Å². The van der Waals surface area contributed by atoms with Crippen molar-refractivity contribution in [1.82, 2.24) is 14.7 Å². The van der Waals surface area contributed by atoms with Crippen LogP contribution in [0.15, 0.2) is 60.9 Å². The molecule has 0 atom stereocenters. The molecule has 2 aromatic carbocycles. The molecular weight excluding hydrogens is 742 g/mol. The number of carbonyl (C=O) groups excluding carboxylic acids is 1. The van der Waals surface area contributed by atoms with E-state index in [0.29, 0.717) is 34.2 Å². The Morgan fingerprint density at radius 2 is 1.40 bits per heavy atom. The molecule has 0 aliphatic heterocycles. The molecule has 1 aliphatic carbocycles. The number of ether oxygens (including phenoxy) is 3. The average molecular weight is 777 g/mol. The fraction of sp³-hybridized carbons (Fsp3) is 0.353. The molecule has 2 heterocycles. The number of carbonyl (C=O) groups is 3. The fourth-order valence-corrected chi connectivity index (χ4v) is 5.32. The summed E-state index contributed by atoms with van der Waals surface area (Å²) in [5, 5.41) is 22.1. The quantitative estimate of drug-likeness (QED) is 0.100. The molecule has 12 nitrogen and oxygen atoms in total. The standard InChI is InChI=1S/C30H33ClN4O4.2C2HF3O2/c1-37-27-16-28(38-2)25(31)15-24(27)26-18-35-13-12-23(14-29(35)34-26)33-22-10-8-21(9-11-22)32-17-19-4-6-20(7-5-19)30(36)39-3;2*3-2(4,5)1(6)7/h4-7,12-16,18,21-22,32-33H,8-11,17H2,1-3H3;2*(H,6,7)/t21-,22+;;. The van der Waals surface area contributed by atoms with Crippen molar-refractivity contribution < 1.29 is 65.1 Å². The smallest absolute Gasteiger partial charge is 0.490 e. The summed E-state index contributed by atoms with van der Waals surface area (Å²) in [5.74, 6) is -4.61. The van der Waals surface area contributed by atoms with Gasteiger partial charge in [-0.25, -0.2) is 19.4 Å². The molecule has 5 rings (SSSR count). The number of aliphatic carboxylic acids is 2. The van der Waals surface area contributed by atoms with E-state index < -0.39 is 24.3 Å². The molecule has 288 valence electrons. The highest BCUT2D eigenvalue weighted by Crippen LogP contribution is 2.38. The number of imidazole rings is 1. The molecule has 0 bridgehead atoms. The highest BCUT2D eigenvalue weighted by molar-refractivity contribution is 6.32. The van der Waals surface area contributed by atoms with E-state index in [4.69, 9.17) is 50.6 Å². The van der Waals surface area contributed by atoms with E-state index in [1.165, 1.54) is 7.11 Å². The van der Waals surface area contributed by atoms with Gasteiger partial charge in [0, 0.05) is 54.4 Å². The molecule has 4 aromatic rings. The first-order valence-electron chi connectivity index (χ1n) is 15.5. The van der Waals surface area contributed by atoms with Crippen molar-refractivity contribution in [3.05, 3.63) is 77.1 Å². The normalized spacial score (nSPS) is 15.6. The fourth-order valence-electron chi connectivity index (χ4n) is 5.08. The number of hydrogen-bond acceptors (Lipinski definition) is 9. The van der Waals surface area contributed by atoms with Crippen LogP contribution in [0.4, 0.5) is 32.0 Å². The van der Waals surface area contributed by atoms with E-state index >= 15 is 0 Å². The first-order chi connectivity index (χ1) is 24.9. The second kappa shape index (κ2) is 18.5. The van der Waals surface area contributed by atoms with Crippen molar-refractivity contribution in [2.75, 3.05) is 26.6 Å². The van der Waals surface area contributed by atoms with Crippen LogP contribution >= 0.6 is 11.6 Å². The summed E-state index contributed by atoms with van der Waals surface area (Å²) in [6.45, 7) is 0.785. The maximum absolute atomic E-state index is 11.6. The lowest BCUT2D eigenvalue weighted by molar-refractivity contribution is -0.193. The molecule has 53 heavy (non-hydrogen) atoms. The number of fused-ring (bicyclic) bond motifs is 1. The van der Waals surface area contributed by atoms with E-state index in [1.807, 2.05) is 47.1 Å². The van der Waals surface area contributed by atoms with Gasteiger partial charge in [0.05, 0.1) is 37.6 Å². The van der Waals surface area contributed by atoms with Gasteiger partial charge in [-0.2, -0.15) is 26.3 Å². The third kappa shape index (κ3) is 12.5. The molecule has 1 aliphatic rings. The van der Waals surface area contributed by atoms with Gasteiger partial charge in [0.15, 0.2) is 0 Å². The van der Waals surface area contributed by atoms with Gasteiger partial charge in [-0.1, -0.05) is 23.7 Å². The van der Waals surface area contributed by atoms with Crippen molar-refractivity contribution in [1.29, 1.82) is 0 Å². The summed E-state index contributed by atoms with van der Waals surface area (Å²) in [6.07, 6.45) is -1.79. The van der Waals surface area contributed by atoms with Gasteiger partial charge in [0.25, 0.3) is 0 Å². The number of rotatable bonds is 9. The minimum Gasteiger partial charge on any atom is -0.496 e. The van der Waals surface area contributed by atoms with Crippen LogP contribution in [0, 0.1) is 0 Å². The van der Waals surface area contributed by atoms with E-state index in [0.717, 1.165) is 60.4 Å². The summed E-state index contributed by atoms with van der Waals surface area (Å²) >= 11 is 6.38. The third-order valence-electron chi connectivity index (χ3n) is 7.76. The van der Waals surface area contributed by atoms with Crippen molar-refractivity contribution >= 4 is 40.8 Å². The number of benzene rings is 2. The van der Waals surface area contributed by atoms with Gasteiger partial charge in [-0.3, -0.25) is 0 Å². The van der Waals surface area contributed by atoms with Gasteiger partial charge in [-0.15, -0.1) is 0 Å². The molecule has 0 unspecified atom stereocenters. The predicted molar refractivity (Wildman–Crippen MR) is 180 cm³/mol. The second-order valence-electron chi connectivity index (χ2n) is 11.4. The Labute approximate surface area is 303 Å².